The van der Waals surface area contributed by atoms with Gasteiger partial charge in [0.25, 0.3) is 0 Å². The molecule has 0 amide bonds. The van der Waals surface area contributed by atoms with Gasteiger partial charge in [0.2, 0.25) is 0 Å². The van der Waals surface area contributed by atoms with Crippen molar-refractivity contribution in [2.24, 2.45) is 21.7 Å². The minimum absolute atomic E-state index is 0.190. The number of fused-ring (bicyclic) bond motifs is 1. The van der Waals surface area contributed by atoms with E-state index < -0.39 is 0 Å². The Morgan fingerprint density at radius 1 is 1.20 bits per heavy atom. The van der Waals surface area contributed by atoms with Crippen molar-refractivity contribution in [3.63, 3.8) is 0 Å². The van der Waals surface area contributed by atoms with Crippen LogP contribution in [0.5, 0.6) is 0 Å². The molecule has 5 nitrogen and oxygen atoms in total. The van der Waals surface area contributed by atoms with Crippen LogP contribution in [0.3, 0.4) is 0 Å². The number of guanidine groups is 1. The Morgan fingerprint density at radius 2 is 2.00 bits per heavy atom. The van der Waals surface area contributed by atoms with Crippen LogP contribution < -0.4 is 5.32 Å². The maximum atomic E-state index is 6.07. The van der Waals surface area contributed by atoms with Gasteiger partial charge < -0.3 is 19.7 Å². The lowest BCUT2D eigenvalue weighted by Gasteiger charge is -2.60. The molecule has 25 heavy (non-hydrogen) atoms. The summed E-state index contributed by atoms with van der Waals surface area (Å²) < 4.78 is 11.7. The molecule has 0 aromatic heterocycles. The standard InChI is InChI=1S/C20H35N3O2/c1-4-21-18(23-10-7-20(14-23)8-12-24-13-9-20)22-16-15-6-5-11-25-17(15)19(16,2)3/h15-17H,4-14H2,1-3H3,(H,21,22). The van der Waals surface area contributed by atoms with E-state index in [9.17, 15) is 0 Å². The fraction of sp³-hybridized carbons (Fsp3) is 0.950. The third-order valence-electron chi connectivity index (χ3n) is 7.21. The van der Waals surface area contributed by atoms with Crippen LogP contribution in [0.15, 0.2) is 4.99 Å². The summed E-state index contributed by atoms with van der Waals surface area (Å²) in [5, 5.41) is 3.87. The van der Waals surface area contributed by atoms with E-state index in [2.05, 4.69) is 31.0 Å². The van der Waals surface area contributed by atoms with Crippen molar-refractivity contribution < 1.29 is 9.47 Å². The molecule has 0 radical (unpaired) electrons. The summed E-state index contributed by atoms with van der Waals surface area (Å²) in [6.45, 7) is 12.7. The number of hydrogen-bond acceptors (Lipinski definition) is 3. The van der Waals surface area contributed by atoms with Crippen LogP contribution in [0.1, 0.15) is 52.9 Å². The van der Waals surface area contributed by atoms with E-state index in [1.54, 1.807) is 0 Å². The lowest BCUT2D eigenvalue weighted by atomic mass is 9.55. The average Bonchev–Trinajstić information content (AvgIpc) is 3.02. The fourth-order valence-electron chi connectivity index (χ4n) is 5.67. The zero-order valence-corrected chi connectivity index (χ0v) is 16.2. The Bertz CT molecular complexity index is 513. The molecule has 0 bridgehead atoms. The highest BCUT2D eigenvalue weighted by Crippen LogP contribution is 2.51. The molecule has 1 spiro atoms. The van der Waals surface area contributed by atoms with Crippen molar-refractivity contribution in [2.45, 2.75) is 65.0 Å². The predicted octanol–water partition coefficient (Wildman–Crippen LogP) is 2.66. The van der Waals surface area contributed by atoms with Crippen molar-refractivity contribution in [1.29, 1.82) is 0 Å². The predicted molar refractivity (Wildman–Crippen MR) is 99.8 cm³/mol. The maximum absolute atomic E-state index is 6.07. The number of hydrogen-bond donors (Lipinski definition) is 1. The second kappa shape index (κ2) is 6.73. The summed E-state index contributed by atoms with van der Waals surface area (Å²) in [5.41, 5.74) is 0.649. The molecule has 4 rings (SSSR count). The largest absolute Gasteiger partial charge is 0.381 e. The molecule has 142 valence electrons. The molecule has 3 saturated heterocycles. The van der Waals surface area contributed by atoms with E-state index in [0.29, 0.717) is 23.5 Å². The summed E-state index contributed by atoms with van der Waals surface area (Å²) in [6.07, 6.45) is 6.59. The molecule has 0 aromatic carbocycles. The Hall–Kier alpha value is -0.810. The molecular weight excluding hydrogens is 314 g/mol. The molecule has 3 unspecified atom stereocenters. The first kappa shape index (κ1) is 17.6. The van der Waals surface area contributed by atoms with E-state index >= 15 is 0 Å². The second-order valence-electron chi connectivity index (χ2n) is 9.12. The van der Waals surface area contributed by atoms with Crippen molar-refractivity contribution in [3.8, 4) is 0 Å². The van der Waals surface area contributed by atoms with Gasteiger partial charge in [-0.25, -0.2) is 0 Å². The molecule has 3 aliphatic heterocycles. The van der Waals surface area contributed by atoms with E-state index in [1.165, 1.54) is 32.1 Å². The fourth-order valence-corrected chi connectivity index (χ4v) is 5.67. The Morgan fingerprint density at radius 3 is 2.76 bits per heavy atom. The topological polar surface area (TPSA) is 46.1 Å². The first-order valence-electron chi connectivity index (χ1n) is 10.3. The molecule has 1 aliphatic carbocycles. The summed E-state index contributed by atoms with van der Waals surface area (Å²) in [4.78, 5) is 7.38. The van der Waals surface area contributed by atoms with Gasteiger partial charge in [-0.1, -0.05) is 13.8 Å². The van der Waals surface area contributed by atoms with Gasteiger partial charge in [-0.05, 0) is 44.4 Å². The van der Waals surface area contributed by atoms with Crippen LogP contribution in [0.25, 0.3) is 0 Å². The quantitative estimate of drug-likeness (QED) is 0.615. The van der Waals surface area contributed by atoms with Crippen molar-refractivity contribution in [3.05, 3.63) is 0 Å². The highest BCUT2D eigenvalue weighted by atomic mass is 16.5. The minimum atomic E-state index is 0.190. The zero-order valence-electron chi connectivity index (χ0n) is 16.2. The highest BCUT2D eigenvalue weighted by Gasteiger charge is 2.58. The first-order valence-corrected chi connectivity index (χ1v) is 10.3. The van der Waals surface area contributed by atoms with Crippen LogP contribution in [-0.2, 0) is 9.47 Å². The maximum Gasteiger partial charge on any atom is 0.194 e. The molecule has 3 atom stereocenters. The Labute approximate surface area is 152 Å². The van der Waals surface area contributed by atoms with Crippen LogP contribution in [0, 0.1) is 16.7 Å². The first-order chi connectivity index (χ1) is 12.1. The van der Waals surface area contributed by atoms with Crippen molar-refractivity contribution >= 4 is 5.96 Å². The van der Waals surface area contributed by atoms with Gasteiger partial charge in [-0.15, -0.1) is 0 Å². The van der Waals surface area contributed by atoms with Gasteiger partial charge in [0.1, 0.15) is 0 Å². The van der Waals surface area contributed by atoms with E-state index in [4.69, 9.17) is 14.5 Å². The normalized spacial score (nSPS) is 36.8. The molecule has 4 fully saturated rings. The monoisotopic (exact) mass is 349 g/mol. The smallest absolute Gasteiger partial charge is 0.194 e. The van der Waals surface area contributed by atoms with Gasteiger partial charge in [0, 0.05) is 56.8 Å². The third kappa shape index (κ3) is 3.08. The van der Waals surface area contributed by atoms with Crippen LogP contribution in [-0.4, -0.2) is 62.5 Å². The number of rotatable bonds is 2. The second-order valence-corrected chi connectivity index (χ2v) is 9.12. The van der Waals surface area contributed by atoms with E-state index in [-0.39, 0.29) is 5.41 Å². The molecule has 5 heteroatoms. The number of nitrogens with zero attached hydrogens (tertiary/aromatic N) is 2. The Balaban J connectivity index is 1.45. The van der Waals surface area contributed by atoms with Crippen molar-refractivity contribution in [1.82, 2.24) is 10.2 Å². The molecule has 1 saturated carbocycles. The van der Waals surface area contributed by atoms with Gasteiger partial charge >= 0.3 is 0 Å². The van der Waals surface area contributed by atoms with Crippen LogP contribution >= 0.6 is 0 Å². The molecule has 3 heterocycles. The van der Waals surface area contributed by atoms with Gasteiger partial charge in [0.05, 0.1) is 6.10 Å². The number of aliphatic imine (C=N–C) groups is 1. The van der Waals surface area contributed by atoms with E-state index in [1.807, 2.05) is 0 Å². The average molecular weight is 350 g/mol. The van der Waals surface area contributed by atoms with Gasteiger partial charge in [-0.2, -0.15) is 0 Å². The summed E-state index contributed by atoms with van der Waals surface area (Å²) >= 11 is 0. The molecular formula is C20H35N3O2. The highest BCUT2D eigenvalue weighted by molar-refractivity contribution is 5.81. The molecule has 4 aliphatic rings. The number of likely N-dealkylation sites (tertiary alicyclic amines) is 1. The van der Waals surface area contributed by atoms with Crippen LogP contribution in [0.2, 0.25) is 0 Å². The third-order valence-corrected chi connectivity index (χ3v) is 7.21. The summed E-state index contributed by atoms with van der Waals surface area (Å²) in [6, 6.07) is 0.481. The molecule has 1 N–H and O–H groups in total. The SMILES string of the molecule is CCN=C(NC1C2CCCOC2C1(C)C)N1CCC2(CCOCC2)C1. The lowest BCUT2D eigenvalue weighted by molar-refractivity contribution is -0.188. The summed E-state index contributed by atoms with van der Waals surface area (Å²) in [5.74, 6) is 1.78. The van der Waals surface area contributed by atoms with Gasteiger partial charge in [-0.3, -0.25) is 4.99 Å². The van der Waals surface area contributed by atoms with E-state index in [0.717, 1.165) is 45.4 Å². The molecule has 0 aromatic rings. The van der Waals surface area contributed by atoms with Crippen LogP contribution in [0.4, 0.5) is 0 Å². The van der Waals surface area contributed by atoms with Gasteiger partial charge in [0.15, 0.2) is 5.96 Å². The minimum Gasteiger partial charge on any atom is -0.381 e. The van der Waals surface area contributed by atoms with Crippen molar-refractivity contribution in [2.75, 3.05) is 39.5 Å². The number of nitrogens with one attached hydrogen (secondary N) is 1. The Kier molecular flexibility index (Phi) is 4.74. The summed E-state index contributed by atoms with van der Waals surface area (Å²) in [7, 11) is 0. The zero-order chi connectivity index (χ0) is 17.5. The lowest BCUT2D eigenvalue weighted by Crippen LogP contribution is -2.71. The number of ether oxygens (including phenoxy) is 2.